The molecule has 0 bridgehead atoms. The van der Waals surface area contributed by atoms with E-state index in [9.17, 15) is 9.90 Å². The Kier molecular flexibility index (Phi) is 4.52. The predicted molar refractivity (Wildman–Crippen MR) is 104 cm³/mol. The smallest absolute Gasteiger partial charge is 0.325 e. The van der Waals surface area contributed by atoms with Crippen molar-refractivity contribution in [1.82, 2.24) is 5.32 Å². The Bertz CT molecular complexity index is 923. The first-order valence-electron chi connectivity index (χ1n) is 8.93. The average Bonchev–Trinajstić information content (AvgIpc) is 3.03. The summed E-state index contributed by atoms with van der Waals surface area (Å²) >= 11 is 0. The van der Waals surface area contributed by atoms with Gasteiger partial charge in [0.1, 0.15) is 6.04 Å². The Morgan fingerprint density at radius 2 is 1.44 bits per heavy atom. The fraction of sp³-hybridized carbons (Fsp3) is 0.174. The van der Waals surface area contributed by atoms with Crippen LogP contribution in [0.15, 0.2) is 78.9 Å². The number of carbonyl (C=O) groups is 1. The Morgan fingerprint density at radius 1 is 0.926 bits per heavy atom. The van der Waals surface area contributed by atoms with Gasteiger partial charge in [-0.2, -0.15) is 0 Å². The molecule has 3 aromatic rings. The number of rotatable bonds is 5. The minimum Gasteiger partial charge on any atom is -0.468 e. The van der Waals surface area contributed by atoms with Crippen molar-refractivity contribution in [2.75, 3.05) is 13.7 Å². The summed E-state index contributed by atoms with van der Waals surface area (Å²) in [6, 6.07) is 25.5. The molecule has 136 valence electrons. The summed E-state index contributed by atoms with van der Waals surface area (Å²) in [7, 11) is 1.33. The largest absolute Gasteiger partial charge is 0.468 e. The highest BCUT2D eigenvalue weighted by molar-refractivity contribution is 5.84. The molecule has 1 atom stereocenters. The molecule has 0 aliphatic heterocycles. The molecule has 2 N–H and O–H groups in total. The maximum atomic E-state index is 12.3. The highest BCUT2D eigenvalue weighted by Gasteiger charge is 2.46. The first-order chi connectivity index (χ1) is 13.2. The van der Waals surface area contributed by atoms with E-state index in [2.05, 4.69) is 29.6 Å². The van der Waals surface area contributed by atoms with Crippen molar-refractivity contribution in [2.24, 2.45) is 0 Å². The molecule has 1 aliphatic carbocycles. The van der Waals surface area contributed by atoms with E-state index in [1.807, 2.05) is 54.6 Å². The number of esters is 1. The summed E-state index contributed by atoms with van der Waals surface area (Å²) in [5.74, 6) is -0.491. The van der Waals surface area contributed by atoms with Gasteiger partial charge in [0, 0.05) is 0 Å². The lowest BCUT2D eigenvalue weighted by Gasteiger charge is -2.36. The zero-order chi connectivity index (χ0) is 18.9. The van der Waals surface area contributed by atoms with Crippen LogP contribution in [0.4, 0.5) is 0 Å². The fourth-order valence-corrected chi connectivity index (χ4v) is 4.06. The molecule has 27 heavy (non-hydrogen) atoms. The van der Waals surface area contributed by atoms with Crippen molar-refractivity contribution in [3.8, 4) is 11.1 Å². The van der Waals surface area contributed by atoms with Crippen LogP contribution in [0.3, 0.4) is 0 Å². The molecule has 0 radical (unpaired) electrons. The van der Waals surface area contributed by atoms with Gasteiger partial charge in [-0.3, -0.25) is 10.1 Å². The summed E-state index contributed by atoms with van der Waals surface area (Å²) < 4.78 is 4.91. The molecule has 0 amide bonds. The lowest BCUT2D eigenvalue weighted by atomic mass is 9.80. The molecule has 3 aromatic carbocycles. The van der Waals surface area contributed by atoms with Crippen molar-refractivity contribution in [1.29, 1.82) is 0 Å². The molecule has 0 saturated carbocycles. The first kappa shape index (κ1) is 17.5. The molecule has 0 unspecified atom stereocenters. The van der Waals surface area contributed by atoms with Crippen LogP contribution in [0.1, 0.15) is 16.7 Å². The van der Waals surface area contributed by atoms with Crippen LogP contribution in [0.5, 0.6) is 0 Å². The number of aliphatic hydroxyl groups is 1. The van der Waals surface area contributed by atoms with Gasteiger partial charge in [-0.05, 0) is 27.8 Å². The van der Waals surface area contributed by atoms with Crippen molar-refractivity contribution in [3.63, 3.8) is 0 Å². The molecule has 0 heterocycles. The van der Waals surface area contributed by atoms with E-state index >= 15 is 0 Å². The Morgan fingerprint density at radius 3 is 1.96 bits per heavy atom. The second-order valence-electron chi connectivity index (χ2n) is 6.61. The third-order valence-electron chi connectivity index (χ3n) is 5.22. The summed E-state index contributed by atoms with van der Waals surface area (Å²) in [4.78, 5) is 12.3. The predicted octanol–water partition coefficient (Wildman–Crippen LogP) is 3.08. The number of hydrogen-bond acceptors (Lipinski definition) is 4. The van der Waals surface area contributed by atoms with Gasteiger partial charge in [-0.25, -0.2) is 0 Å². The van der Waals surface area contributed by atoms with Gasteiger partial charge in [0.2, 0.25) is 0 Å². The molecule has 0 fully saturated rings. The second-order valence-corrected chi connectivity index (χ2v) is 6.61. The molecule has 4 heteroatoms. The van der Waals surface area contributed by atoms with Crippen molar-refractivity contribution in [2.45, 2.75) is 11.6 Å². The minimum absolute atomic E-state index is 0.356. The Balaban J connectivity index is 2.01. The monoisotopic (exact) mass is 359 g/mol. The van der Waals surface area contributed by atoms with E-state index < -0.39 is 17.6 Å². The van der Waals surface area contributed by atoms with E-state index in [1.165, 1.54) is 7.11 Å². The van der Waals surface area contributed by atoms with Gasteiger partial charge in [0.15, 0.2) is 0 Å². The van der Waals surface area contributed by atoms with Crippen molar-refractivity contribution >= 4 is 5.97 Å². The van der Waals surface area contributed by atoms with Crippen LogP contribution in [0.25, 0.3) is 11.1 Å². The molecular formula is C23H21NO3. The Hall–Kier alpha value is -2.95. The molecule has 1 aliphatic rings. The maximum Gasteiger partial charge on any atom is 0.325 e. The maximum absolute atomic E-state index is 12.3. The summed E-state index contributed by atoms with van der Waals surface area (Å²) in [5, 5.41) is 13.3. The van der Waals surface area contributed by atoms with Crippen molar-refractivity contribution in [3.05, 3.63) is 95.6 Å². The number of carbonyl (C=O) groups excluding carboxylic acids is 1. The van der Waals surface area contributed by atoms with Gasteiger partial charge in [-0.1, -0.05) is 78.9 Å². The van der Waals surface area contributed by atoms with E-state index in [1.54, 1.807) is 0 Å². The van der Waals surface area contributed by atoms with E-state index in [0.717, 1.165) is 27.8 Å². The van der Waals surface area contributed by atoms with Crippen LogP contribution >= 0.6 is 0 Å². The minimum atomic E-state index is -0.852. The van der Waals surface area contributed by atoms with Crippen LogP contribution in [-0.4, -0.2) is 30.8 Å². The number of ether oxygens (including phenoxy) is 1. The second kappa shape index (κ2) is 6.99. The average molecular weight is 359 g/mol. The molecule has 0 aromatic heterocycles. The third-order valence-corrected chi connectivity index (χ3v) is 5.22. The number of hydrogen-bond donors (Lipinski definition) is 2. The normalized spacial score (nSPS) is 14.9. The SMILES string of the molecule is COC(=O)[C@@H](CO)NC1(c2ccccc2)c2ccccc2-c2ccccc21. The topological polar surface area (TPSA) is 58.6 Å². The standard InChI is InChI=1S/C23H21NO3/c1-27-22(26)21(15-25)24-23(16-9-3-2-4-10-16)19-13-7-5-11-17(19)18-12-6-8-14-20(18)23/h2-14,21,24-25H,15H2,1H3/t21-/m1/s1. The van der Waals surface area contributed by atoms with Gasteiger partial charge in [-0.15, -0.1) is 0 Å². The zero-order valence-electron chi connectivity index (χ0n) is 15.1. The molecule has 0 spiro atoms. The van der Waals surface area contributed by atoms with Crippen LogP contribution in [0, 0.1) is 0 Å². The van der Waals surface area contributed by atoms with Gasteiger partial charge < -0.3 is 9.84 Å². The lowest BCUT2D eigenvalue weighted by molar-refractivity contribution is -0.144. The number of nitrogens with one attached hydrogen (secondary N) is 1. The molecule has 4 rings (SSSR count). The van der Waals surface area contributed by atoms with Gasteiger partial charge in [0.05, 0.1) is 19.3 Å². The van der Waals surface area contributed by atoms with Gasteiger partial charge >= 0.3 is 5.97 Å². The number of methoxy groups -OCH3 is 1. The third kappa shape index (κ3) is 2.65. The molecule has 0 saturated heterocycles. The summed E-state index contributed by atoms with van der Waals surface area (Å²) in [6.07, 6.45) is 0. The first-order valence-corrected chi connectivity index (χ1v) is 8.93. The summed E-state index contributed by atoms with van der Waals surface area (Å²) in [5.41, 5.74) is 4.59. The zero-order valence-corrected chi connectivity index (χ0v) is 15.1. The van der Waals surface area contributed by atoms with Gasteiger partial charge in [0.25, 0.3) is 0 Å². The highest BCUT2D eigenvalue weighted by Crippen LogP contribution is 2.50. The Labute approximate surface area is 158 Å². The molecular weight excluding hydrogens is 338 g/mol. The van der Waals surface area contributed by atoms with E-state index in [4.69, 9.17) is 4.74 Å². The number of fused-ring (bicyclic) bond motifs is 3. The summed E-state index contributed by atoms with van der Waals surface area (Å²) in [6.45, 7) is -0.356. The fourth-order valence-electron chi connectivity index (χ4n) is 4.06. The quantitative estimate of drug-likeness (QED) is 0.688. The van der Waals surface area contributed by atoms with Crippen LogP contribution < -0.4 is 5.32 Å². The lowest BCUT2D eigenvalue weighted by Crippen LogP contribution is -2.53. The van der Waals surface area contributed by atoms with E-state index in [-0.39, 0.29) is 6.61 Å². The highest BCUT2D eigenvalue weighted by atomic mass is 16.5. The van der Waals surface area contributed by atoms with Crippen LogP contribution in [0.2, 0.25) is 0 Å². The van der Waals surface area contributed by atoms with E-state index in [0.29, 0.717) is 0 Å². The van der Waals surface area contributed by atoms with Crippen LogP contribution in [-0.2, 0) is 15.1 Å². The van der Waals surface area contributed by atoms with Crippen molar-refractivity contribution < 1.29 is 14.6 Å². The molecule has 4 nitrogen and oxygen atoms in total. The number of benzene rings is 3. The number of aliphatic hydroxyl groups excluding tert-OH is 1.